The van der Waals surface area contributed by atoms with Crippen molar-refractivity contribution in [1.82, 2.24) is 6.15 Å². The molecule has 48 valence electrons. The average molecular weight is 187 g/mol. The molecule has 0 radical (unpaired) electrons. The lowest BCUT2D eigenvalue weighted by atomic mass is 14.0. The number of hydrogen-bond donors (Lipinski definition) is 1. The molecule has 0 aromatic heterocycles. The molecule has 6 heteroatoms. The molecular formula is H13NS5. The van der Waals surface area contributed by atoms with Crippen LogP contribution in [0.4, 0.5) is 0 Å². The van der Waals surface area contributed by atoms with E-state index in [1.807, 2.05) is 0 Å². The lowest BCUT2D eigenvalue weighted by molar-refractivity contribution is 2.13. The number of hydrogen-bond acceptors (Lipinski definition) is 1. The molecule has 0 fully saturated rings. The summed E-state index contributed by atoms with van der Waals surface area (Å²) in [5.41, 5.74) is 0. The van der Waals surface area contributed by atoms with Crippen LogP contribution in [-0.2, 0) is 0 Å². The highest BCUT2D eigenvalue weighted by Gasteiger charge is -0.193. The summed E-state index contributed by atoms with van der Waals surface area (Å²) in [5, 5.41) is 0. The summed E-state index contributed by atoms with van der Waals surface area (Å²) >= 11 is 0. The van der Waals surface area contributed by atoms with E-state index in [0.717, 1.165) is 0 Å². The first-order valence-electron chi connectivity index (χ1n) is 0. The van der Waals surface area contributed by atoms with Gasteiger partial charge in [0, 0.05) is 0 Å². The van der Waals surface area contributed by atoms with Gasteiger partial charge in [0.15, 0.2) is 0 Å². The average Bonchev–Trinajstić information content (AvgIpc) is 0. The Balaban J connectivity index is 0. The minimum Gasteiger partial charge on any atom is -0.344 e. The van der Waals surface area contributed by atoms with Crippen LogP contribution < -0.4 is 6.15 Å². The van der Waals surface area contributed by atoms with Crippen molar-refractivity contribution < 1.29 is 0 Å². The van der Waals surface area contributed by atoms with Gasteiger partial charge in [-0.3, -0.25) is 0 Å². The van der Waals surface area contributed by atoms with Gasteiger partial charge in [-0.2, -0.15) is 67.5 Å². The molecule has 0 heterocycles. The molecule has 3 N–H and O–H groups in total. The molecule has 0 aromatic carbocycles. The van der Waals surface area contributed by atoms with E-state index in [2.05, 4.69) is 0 Å². The van der Waals surface area contributed by atoms with Crippen LogP contribution in [0, 0.1) is 0 Å². The van der Waals surface area contributed by atoms with Gasteiger partial charge in [-0.15, -0.1) is 0 Å². The zero-order valence-corrected chi connectivity index (χ0v) is 8.21. The highest BCUT2D eigenvalue weighted by atomic mass is 32.1. The lowest BCUT2D eigenvalue weighted by Gasteiger charge is -0.344. The Morgan fingerprint density at radius 1 is 0.333 bits per heavy atom. The fourth-order valence-electron chi connectivity index (χ4n) is 0. The van der Waals surface area contributed by atoms with Crippen LogP contribution in [0.2, 0.25) is 0 Å². The van der Waals surface area contributed by atoms with E-state index in [1.54, 1.807) is 0 Å². The molecule has 0 aromatic rings. The van der Waals surface area contributed by atoms with Crippen molar-refractivity contribution in [2.24, 2.45) is 0 Å². The van der Waals surface area contributed by atoms with Crippen molar-refractivity contribution >= 4 is 67.5 Å². The van der Waals surface area contributed by atoms with Crippen molar-refractivity contribution in [2.75, 3.05) is 0 Å². The maximum absolute atomic E-state index is 0. The SMILES string of the molecule is N.S.S.S.S.S. The van der Waals surface area contributed by atoms with Gasteiger partial charge in [-0.05, 0) is 0 Å². The molecule has 0 saturated heterocycles. The zero-order valence-electron chi connectivity index (χ0n) is 3.21. The minimum absolute atomic E-state index is 0. The van der Waals surface area contributed by atoms with Gasteiger partial charge in [-0.25, -0.2) is 0 Å². The van der Waals surface area contributed by atoms with Gasteiger partial charge in [0.25, 0.3) is 0 Å². The first-order chi connectivity index (χ1) is 0. The van der Waals surface area contributed by atoms with Crippen LogP contribution in [0.25, 0.3) is 0 Å². The summed E-state index contributed by atoms with van der Waals surface area (Å²) in [6.07, 6.45) is 0. The Hall–Kier alpha value is 1.71. The fraction of sp³-hybridized carbons (Fsp3) is 0. The molecule has 0 rings (SSSR count). The molecule has 6 heavy (non-hydrogen) atoms. The Kier molecular flexibility index (Phi) is 1480. The van der Waals surface area contributed by atoms with Crippen LogP contribution in [0.5, 0.6) is 0 Å². The van der Waals surface area contributed by atoms with E-state index < -0.39 is 0 Å². The molecule has 0 saturated carbocycles. The highest BCUT2D eigenvalue weighted by Crippen LogP contribution is 0.652. The van der Waals surface area contributed by atoms with E-state index in [-0.39, 0.29) is 73.6 Å². The Bertz CT molecular complexity index is 3.90. The topological polar surface area (TPSA) is 35.0 Å². The van der Waals surface area contributed by atoms with E-state index in [0.29, 0.717) is 0 Å². The van der Waals surface area contributed by atoms with Gasteiger partial charge in [0.1, 0.15) is 0 Å². The summed E-state index contributed by atoms with van der Waals surface area (Å²) in [6.45, 7) is 0. The fourth-order valence-corrected chi connectivity index (χ4v) is 0. The van der Waals surface area contributed by atoms with Gasteiger partial charge in [-0.1, -0.05) is 0 Å². The summed E-state index contributed by atoms with van der Waals surface area (Å²) in [4.78, 5) is 0. The van der Waals surface area contributed by atoms with Crippen LogP contribution in [0.1, 0.15) is 0 Å². The van der Waals surface area contributed by atoms with E-state index in [9.17, 15) is 0 Å². The second-order valence-corrected chi connectivity index (χ2v) is 0. The highest BCUT2D eigenvalue weighted by molar-refractivity contribution is 7.60. The van der Waals surface area contributed by atoms with Crippen LogP contribution in [0.3, 0.4) is 0 Å². The largest absolute Gasteiger partial charge is 0.344 e. The van der Waals surface area contributed by atoms with Gasteiger partial charge >= 0.3 is 0 Å². The molecule has 0 unspecified atom stereocenters. The van der Waals surface area contributed by atoms with E-state index in [1.165, 1.54) is 0 Å². The van der Waals surface area contributed by atoms with E-state index >= 15 is 0 Å². The smallest absolute Gasteiger partial charge is 0.197 e. The third-order valence-electron chi connectivity index (χ3n) is 0. The monoisotopic (exact) mass is 187 g/mol. The van der Waals surface area contributed by atoms with Gasteiger partial charge in [0.2, 0.25) is 0 Å². The standard InChI is InChI=1S/H3N.5H2S/h1H3;5*1H2. The molecule has 0 bridgehead atoms. The van der Waals surface area contributed by atoms with Crippen molar-refractivity contribution in [2.45, 2.75) is 0 Å². The Labute approximate surface area is 73.5 Å². The third-order valence-corrected chi connectivity index (χ3v) is 0. The predicted octanol–water partition coefficient (Wildman–Crippen LogP) is 0.726. The predicted molar refractivity (Wildman–Crippen MR) is 56.9 cm³/mol. The first kappa shape index (κ1) is 119. The summed E-state index contributed by atoms with van der Waals surface area (Å²) in [5.74, 6) is 0. The Morgan fingerprint density at radius 3 is 0.333 bits per heavy atom. The summed E-state index contributed by atoms with van der Waals surface area (Å²) in [6, 6.07) is 0. The quantitative estimate of drug-likeness (QED) is 0.596. The maximum Gasteiger partial charge on any atom is -0.197 e. The molecule has 0 amide bonds. The van der Waals surface area contributed by atoms with Crippen LogP contribution in [0.15, 0.2) is 0 Å². The minimum atomic E-state index is 0. The summed E-state index contributed by atoms with van der Waals surface area (Å²) in [7, 11) is 0. The summed E-state index contributed by atoms with van der Waals surface area (Å²) < 4.78 is 0. The first-order valence-corrected chi connectivity index (χ1v) is 0. The third kappa shape index (κ3) is 43.3. The zero-order chi connectivity index (χ0) is 0. The normalized spacial score (nSPS) is 0. The van der Waals surface area contributed by atoms with Gasteiger partial charge in [0.05, 0.1) is 0 Å². The van der Waals surface area contributed by atoms with Crippen LogP contribution >= 0.6 is 67.5 Å². The van der Waals surface area contributed by atoms with Crippen molar-refractivity contribution in [3.63, 3.8) is 0 Å². The molecular weight excluding hydrogens is 174 g/mol. The van der Waals surface area contributed by atoms with Crippen molar-refractivity contribution in [3.05, 3.63) is 0 Å². The Morgan fingerprint density at radius 2 is 0.333 bits per heavy atom. The van der Waals surface area contributed by atoms with Gasteiger partial charge < -0.3 is 6.15 Å². The van der Waals surface area contributed by atoms with Crippen molar-refractivity contribution in [3.8, 4) is 0 Å². The lowest BCUT2D eigenvalue weighted by Crippen LogP contribution is -0.481. The second-order valence-electron chi connectivity index (χ2n) is 0. The number of rotatable bonds is 0. The second kappa shape index (κ2) is 74.8. The molecule has 0 atom stereocenters. The maximum atomic E-state index is 0. The molecule has 0 aliphatic heterocycles. The molecule has 0 aliphatic carbocycles. The molecule has 1 nitrogen and oxygen atoms in total. The molecule has 0 aliphatic rings. The van der Waals surface area contributed by atoms with Crippen molar-refractivity contribution in [1.29, 1.82) is 0 Å². The van der Waals surface area contributed by atoms with Crippen LogP contribution in [-0.4, -0.2) is 0 Å². The van der Waals surface area contributed by atoms with E-state index in [4.69, 9.17) is 0 Å². The molecule has 0 spiro atoms.